The van der Waals surface area contributed by atoms with E-state index in [0.29, 0.717) is 5.92 Å². The number of aromatic nitrogens is 2. The van der Waals surface area contributed by atoms with Crippen LogP contribution in [0.2, 0.25) is 0 Å². The van der Waals surface area contributed by atoms with Crippen LogP contribution in [-0.4, -0.2) is 35.3 Å². The molecule has 3 rings (SSSR count). The summed E-state index contributed by atoms with van der Waals surface area (Å²) >= 11 is 3.52. The Morgan fingerprint density at radius 2 is 2.35 bits per heavy atom. The molecule has 0 spiro atoms. The molecule has 122 valence electrons. The second kappa shape index (κ2) is 7.17. The van der Waals surface area contributed by atoms with E-state index in [-0.39, 0.29) is 12.5 Å². The zero-order valence-corrected chi connectivity index (χ0v) is 14.8. The Morgan fingerprint density at radius 1 is 1.48 bits per heavy atom. The van der Waals surface area contributed by atoms with Gasteiger partial charge in [0.15, 0.2) is 0 Å². The standard InChI is InChI=1S/C17H21BrN4O/c1-13-8-20-22(10-13)12-17(23)19-9-14-5-6-21(11-14)16-4-2-3-15(18)7-16/h2-4,7-8,10,14H,5-6,9,11-12H2,1H3,(H,19,23). The van der Waals surface area contributed by atoms with Gasteiger partial charge in [0.05, 0.1) is 6.20 Å². The fraction of sp³-hybridized carbons (Fsp3) is 0.412. The van der Waals surface area contributed by atoms with Crippen LogP contribution < -0.4 is 10.2 Å². The molecule has 6 heteroatoms. The quantitative estimate of drug-likeness (QED) is 0.872. The van der Waals surface area contributed by atoms with E-state index in [1.807, 2.05) is 19.2 Å². The normalized spacial score (nSPS) is 17.5. The van der Waals surface area contributed by atoms with Gasteiger partial charge in [-0.05, 0) is 43.0 Å². The number of nitrogens with one attached hydrogen (secondary N) is 1. The molecule has 1 saturated heterocycles. The molecule has 1 fully saturated rings. The zero-order chi connectivity index (χ0) is 16.2. The van der Waals surface area contributed by atoms with Gasteiger partial charge in [0.25, 0.3) is 0 Å². The summed E-state index contributed by atoms with van der Waals surface area (Å²) in [5, 5.41) is 7.17. The van der Waals surface area contributed by atoms with Crippen molar-refractivity contribution < 1.29 is 4.79 Å². The Balaban J connectivity index is 1.46. The lowest BCUT2D eigenvalue weighted by Gasteiger charge is -2.19. The van der Waals surface area contributed by atoms with Crippen molar-refractivity contribution in [3.8, 4) is 0 Å². The highest BCUT2D eigenvalue weighted by molar-refractivity contribution is 9.10. The van der Waals surface area contributed by atoms with Gasteiger partial charge in [-0.3, -0.25) is 9.48 Å². The molecule has 1 aliphatic heterocycles. The number of halogens is 1. The Morgan fingerprint density at radius 3 is 3.09 bits per heavy atom. The number of rotatable bonds is 5. The lowest BCUT2D eigenvalue weighted by atomic mass is 10.1. The molecule has 0 saturated carbocycles. The van der Waals surface area contributed by atoms with Crippen LogP contribution >= 0.6 is 15.9 Å². The summed E-state index contributed by atoms with van der Waals surface area (Å²) in [5.74, 6) is 0.520. The van der Waals surface area contributed by atoms with Crippen molar-refractivity contribution in [1.82, 2.24) is 15.1 Å². The summed E-state index contributed by atoms with van der Waals surface area (Å²) in [7, 11) is 0. The molecule has 1 unspecified atom stereocenters. The van der Waals surface area contributed by atoms with E-state index < -0.39 is 0 Å². The van der Waals surface area contributed by atoms with Crippen LogP contribution in [0.1, 0.15) is 12.0 Å². The van der Waals surface area contributed by atoms with E-state index >= 15 is 0 Å². The van der Waals surface area contributed by atoms with Crippen molar-refractivity contribution in [3.63, 3.8) is 0 Å². The van der Waals surface area contributed by atoms with Crippen LogP contribution in [0.3, 0.4) is 0 Å². The average molecular weight is 377 g/mol. The predicted octanol–water partition coefficient (Wildman–Crippen LogP) is 2.60. The van der Waals surface area contributed by atoms with E-state index in [2.05, 4.69) is 49.4 Å². The molecular formula is C17H21BrN4O. The lowest BCUT2D eigenvalue weighted by Crippen LogP contribution is -2.33. The van der Waals surface area contributed by atoms with Gasteiger partial charge in [0.2, 0.25) is 5.91 Å². The summed E-state index contributed by atoms with van der Waals surface area (Å²) in [6, 6.07) is 8.36. The minimum absolute atomic E-state index is 0.0222. The third-order valence-corrected chi connectivity index (χ3v) is 4.61. The van der Waals surface area contributed by atoms with Gasteiger partial charge in [-0.2, -0.15) is 5.10 Å². The van der Waals surface area contributed by atoms with E-state index in [4.69, 9.17) is 0 Å². The minimum atomic E-state index is 0.0222. The molecule has 0 bridgehead atoms. The van der Waals surface area contributed by atoms with E-state index in [0.717, 1.165) is 36.1 Å². The van der Waals surface area contributed by atoms with Crippen LogP contribution in [0.5, 0.6) is 0 Å². The first-order valence-electron chi connectivity index (χ1n) is 7.86. The Bertz CT molecular complexity index is 685. The van der Waals surface area contributed by atoms with Gasteiger partial charge in [0.1, 0.15) is 6.54 Å². The number of carbonyl (C=O) groups is 1. The number of carbonyl (C=O) groups excluding carboxylic acids is 1. The van der Waals surface area contributed by atoms with Crippen LogP contribution in [0, 0.1) is 12.8 Å². The number of amides is 1. The lowest BCUT2D eigenvalue weighted by molar-refractivity contribution is -0.122. The third-order valence-electron chi connectivity index (χ3n) is 4.12. The van der Waals surface area contributed by atoms with Crippen LogP contribution in [0.4, 0.5) is 5.69 Å². The maximum Gasteiger partial charge on any atom is 0.241 e. The van der Waals surface area contributed by atoms with Crippen molar-refractivity contribution in [2.75, 3.05) is 24.5 Å². The van der Waals surface area contributed by atoms with Gasteiger partial charge in [0, 0.05) is 36.0 Å². The maximum atomic E-state index is 12.0. The Kier molecular flexibility index (Phi) is 5.00. The fourth-order valence-corrected chi connectivity index (χ4v) is 3.31. The SMILES string of the molecule is Cc1cnn(CC(=O)NCC2CCN(c3cccc(Br)c3)C2)c1. The van der Waals surface area contributed by atoms with E-state index in [1.165, 1.54) is 5.69 Å². The highest BCUT2D eigenvalue weighted by Gasteiger charge is 2.23. The van der Waals surface area contributed by atoms with Gasteiger partial charge < -0.3 is 10.2 Å². The molecule has 1 atom stereocenters. The molecule has 5 nitrogen and oxygen atoms in total. The molecule has 23 heavy (non-hydrogen) atoms. The molecule has 2 aromatic rings. The highest BCUT2D eigenvalue weighted by Crippen LogP contribution is 2.25. The maximum absolute atomic E-state index is 12.0. The summed E-state index contributed by atoms with van der Waals surface area (Å²) in [6.07, 6.45) is 4.75. The van der Waals surface area contributed by atoms with Crippen molar-refractivity contribution in [2.45, 2.75) is 19.9 Å². The number of anilines is 1. The second-order valence-corrected chi connectivity index (χ2v) is 7.02. The van der Waals surface area contributed by atoms with E-state index in [1.54, 1.807) is 10.9 Å². The molecule has 1 aromatic heterocycles. The van der Waals surface area contributed by atoms with Crippen molar-refractivity contribution in [1.29, 1.82) is 0 Å². The molecular weight excluding hydrogens is 356 g/mol. The highest BCUT2D eigenvalue weighted by atomic mass is 79.9. The van der Waals surface area contributed by atoms with E-state index in [9.17, 15) is 4.79 Å². The van der Waals surface area contributed by atoms with Crippen LogP contribution in [-0.2, 0) is 11.3 Å². The fourth-order valence-electron chi connectivity index (χ4n) is 2.92. The summed E-state index contributed by atoms with van der Waals surface area (Å²) in [5.41, 5.74) is 2.30. The van der Waals surface area contributed by atoms with Crippen LogP contribution in [0.25, 0.3) is 0 Å². The number of aryl methyl sites for hydroxylation is 1. The first-order valence-corrected chi connectivity index (χ1v) is 8.66. The minimum Gasteiger partial charge on any atom is -0.371 e. The summed E-state index contributed by atoms with van der Waals surface area (Å²) < 4.78 is 2.77. The van der Waals surface area contributed by atoms with Crippen molar-refractivity contribution >= 4 is 27.5 Å². The monoisotopic (exact) mass is 376 g/mol. The number of nitrogens with zero attached hydrogens (tertiary/aromatic N) is 3. The number of hydrogen-bond donors (Lipinski definition) is 1. The van der Waals surface area contributed by atoms with Crippen molar-refractivity contribution in [2.24, 2.45) is 5.92 Å². The largest absolute Gasteiger partial charge is 0.371 e. The predicted molar refractivity (Wildman–Crippen MR) is 94.4 cm³/mol. The molecule has 0 radical (unpaired) electrons. The smallest absolute Gasteiger partial charge is 0.241 e. The topological polar surface area (TPSA) is 50.2 Å². The molecule has 1 aromatic carbocycles. The zero-order valence-electron chi connectivity index (χ0n) is 13.2. The third kappa shape index (κ3) is 4.34. The first kappa shape index (κ1) is 16.1. The molecule has 1 aliphatic rings. The van der Waals surface area contributed by atoms with Gasteiger partial charge in [-0.1, -0.05) is 22.0 Å². The molecule has 1 N–H and O–H groups in total. The molecule has 0 aliphatic carbocycles. The van der Waals surface area contributed by atoms with Gasteiger partial charge in [-0.15, -0.1) is 0 Å². The molecule has 1 amide bonds. The first-order chi connectivity index (χ1) is 11.1. The average Bonchev–Trinajstić information content (AvgIpc) is 3.14. The van der Waals surface area contributed by atoms with Gasteiger partial charge >= 0.3 is 0 Å². The summed E-state index contributed by atoms with van der Waals surface area (Å²) in [6.45, 7) is 5.00. The van der Waals surface area contributed by atoms with Gasteiger partial charge in [-0.25, -0.2) is 0 Å². The Hall–Kier alpha value is -1.82. The second-order valence-electron chi connectivity index (χ2n) is 6.10. The molecule has 2 heterocycles. The van der Waals surface area contributed by atoms with Crippen LogP contribution in [0.15, 0.2) is 41.1 Å². The van der Waals surface area contributed by atoms with Crippen molar-refractivity contribution in [3.05, 3.63) is 46.7 Å². The summed E-state index contributed by atoms with van der Waals surface area (Å²) in [4.78, 5) is 14.4. The Labute approximate surface area is 144 Å². The number of benzene rings is 1. The number of hydrogen-bond acceptors (Lipinski definition) is 3.